The van der Waals surface area contributed by atoms with Crippen LogP contribution in [0.2, 0.25) is 0 Å². The molecule has 1 fully saturated rings. The Hall–Kier alpha value is -1.09. The van der Waals surface area contributed by atoms with Crippen molar-refractivity contribution in [2.45, 2.75) is 72.0 Å². The summed E-state index contributed by atoms with van der Waals surface area (Å²) in [5.41, 5.74) is -3.44. The first kappa shape index (κ1) is 21.2. The van der Waals surface area contributed by atoms with Gasteiger partial charge in [-0.2, -0.15) is 13.2 Å². The van der Waals surface area contributed by atoms with Crippen LogP contribution in [0.15, 0.2) is 16.3 Å². The quantitative estimate of drug-likeness (QED) is 0.790. The van der Waals surface area contributed by atoms with Crippen molar-refractivity contribution in [3.8, 4) is 0 Å². The molecule has 5 nitrogen and oxygen atoms in total. The van der Waals surface area contributed by atoms with Gasteiger partial charge in [-0.15, -0.1) is 0 Å². The highest BCUT2D eigenvalue weighted by molar-refractivity contribution is 7.90. The molecule has 1 N–H and O–H groups in total. The van der Waals surface area contributed by atoms with E-state index < -0.39 is 21.6 Å². The zero-order valence-electron chi connectivity index (χ0n) is 16.1. The second-order valence-electron chi connectivity index (χ2n) is 8.30. The Bertz CT molecular complexity index is 719. The zero-order valence-corrected chi connectivity index (χ0v) is 16.9. The molecule has 0 aromatic heterocycles. The second-order valence-corrected chi connectivity index (χ2v) is 10.0. The number of amidine groups is 1. The van der Waals surface area contributed by atoms with Crippen molar-refractivity contribution in [1.29, 1.82) is 0 Å². The van der Waals surface area contributed by atoms with Crippen molar-refractivity contribution < 1.29 is 21.6 Å². The van der Waals surface area contributed by atoms with Crippen LogP contribution in [-0.2, 0) is 10.0 Å². The molecule has 150 valence electrons. The molecule has 2 aliphatic heterocycles. The summed E-state index contributed by atoms with van der Waals surface area (Å²) in [6.07, 6.45) is 0.884. The summed E-state index contributed by atoms with van der Waals surface area (Å²) in [6, 6.07) is -0.887. The first-order valence-corrected chi connectivity index (χ1v) is 10.3. The minimum atomic E-state index is -5.37. The van der Waals surface area contributed by atoms with Gasteiger partial charge in [0.25, 0.3) is 0 Å². The van der Waals surface area contributed by atoms with E-state index in [2.05, 4.69) is 20.8 Å². The largest absolute Gasteiger partial charge is 0.511 e. The highest BCUT2D eigenvalue weighted by Gasteiger charge is 2.49. The summed E-state index contributed by atoms with van der Waals surface area (Å²) < 4.78 is 63.0. The van der Waals surface area contributed by atoms with Gasteiger partial charge < -0.3 is 4.90 Å². The maximum absolute atomic E-state index is 12.7. The van der Waals surface area contributed by atoms with Crippen LogP contribution in [0, 0.1) is 11.3 Å². The van der Waals surface area contributed by atoms with E-state index in [-0.39, 0.29) is 30.3 Å². The van der Waals surface area contributed by atoms with Crippen molar-refractivity contribution in [1.82, 2.24) is 9.62 Å². The van der Waals surface area contributed by atoms with E-state index in [1.807, 2.05) is 30.4 Å². The molecule has 0 amide bonds. The summed E-state index contributed by atoms with van der Waals surface area (Å²) in [5.74, 6) is 0.967. The fourth-order valence-electron chi connectivity index (χ4n) is 3.68. The lowest BCUT2D eigenvalue weighted by Crippen LogP contribution is -2.45. The molecule has 0 unspecified atom stereocenters. The lowest BCUT2D eigenvalue weighted by Gasteiger charge is -2.40. The van der Waals surface area contributed by atoms with Crippen LogP contribution in [0.3, 0.4) is 0 Å². The van der Waals surface area contributed by atoms with E-state index in [4.69, 9.17) is 4.99 Å². The van der Waals surface area contributed by atoms with Gasteiger partial charge in [-0.1, -0.05) is 41.5 Å². The molecule has 0 spiro atoms. The molecule has 9 heteroatoms. The Morgan fingerprint density at radius 1 is 1.27 bits per heavy atom. The summed E-state index contributed by atoms with van der Waals surface area (Å²) >= 11 is 0. The molecule has 0 aromatic carbocycles. The topological polar surface area (TPSA) is 61.8 Å². The first-order valence-electron chi connectivity index (χ1n) is 8.84. The lowest BCUT2D eigenvalue weighted by atomic mass is 9.77. The molecule has 0 bridgehead atoms. The van der Waals surface area contributed by atoms with Crippen LogP contribution >= 0.6 is 0 Å². The van der Waals surface area contributed by atoms with Gasteiger partial charge in [0.2, 0.25) is 0 Å². The number of alkyl halides is 3. The summed E-state index contributed by atoms with van der Waals surface area (Å²) in [4.78, 5) is 6.79. The predicted molar refractivity (Wildman–Crippen MR) is 96.1 cm³/mol. The van der Waals surface area contributed by atoms with Crippen molar-refractivity contribution in [2.75, 3.05) is 6.54 Å². The Labute approximate surface area is 153 Å². The number of sulfonamides is 1. The number of hydrogen-bond acceptors (Lipinski definition) is 4. The van der Waals surface area contributed by atoms with Crippen molar-refractivity contribution in [2.24, 2.45) is 16.3 Å². The molecule has 0 saturated carbocycles. The standard InChI is InChI=1S/C17H28F3N3O2S/c1-7-13-21-15(16(4,5)6)14(10(2)3)12-8-11(9-23(12)13)22-26(24,25)17(18,19)20/h10-11,15,22H,7-9H2,1-6H3/t11-,15+/m0/s1. The van der Waals surface area contributed by atoms with E-state index in [1.165, 1.54) is 0 Å². The van der Waals surface area contributed by atoms with Crippen LogP contribution in [0.1, 0.15) is 54.4 Å². The van der Waals surface area contributed by atoms with Crippen molar-refractivity contribution >= 4 is 15.9 Å². The van der Waals surface area contributed by atoms with Crippen LogP contribution < -0.4 is 4.72 Å². The fourth-order valence-corrected chi connectivity index (χ4v) is 4.41. The smallest absolute Gasteiger partial charge is 0.332 e. The predicted octanol–water partition coefficient (Wildman–Crippen LogP) is 3.65. The molecule has 0 radical (unpaired) electrons. The van der Waals surface area contributed by atoms with E-state index in [0.29, 0.717) is 6.42 Å². The van der Waals surface area contributed by atoms with E-state index in [0.717, 1.165) is 17.1 Å². The van der Waals surface area contributed by atoms with E-state index in [9.17, 15) is 21.6 Å². The number of rotatable bonds is 4. The van der Waals surface area contributed by atoms with Crippen LogP contribution in [0.5, 0.6) is 0 Å². The molecular formula is C17H28F3N3O2S. The number of hydrogen-bond donors (Lipinski definition) is 1. The van der Waals surface area contributed by atoms with Gasteiger partial charge in [0.1, 0.15) is 5.84 Å². The van der Waals surface area contributed by atoms with Crippen molar-refractivity contribution in [3.05, 3.63) is 11.3 Å². The average molecular weight is 395 g/mol. The Balaban J connectivity index is 2.43. The third-order valence-corrected chi connectivity index (χ3v) is 6.02. The molecule has 1 saturated heterocycles. The molecule has 2 heterocycles. The molecular weight excluding hydrogens is 367 g/mol. The molecule has 26 heavy (non-hydrogen) atoms. The van der Waals surface area contributed by atoms with Gasteiger partial charge in [-0.3, -0.25) is 4.99 Å². The summed E-state index contributed by atoms with van der Waals surface area (Å²) in [6.45, 7) is 12.5. The average Bonchev–Trinajstić information content (AvgIpc) is 2.84. The molecule has 0 aromatic rings. The molecule has 2 rings (SSSR count). The number of aliphatic imine (C=N–C) groups is 1. The normalized spacial score (nSPS) is 25.0. The highest BCUT2D eigenvalue weighted by Crippen LogP contribution is 2.42. The van der Waals surface area contributed by atoms with Crippen LogP contribution in [-0.4, -0.2) is 43.3 Å². The lowest BCUT2D eigenvalue weighted by molar-refractivity contribution is -0.0450. The minimum absolute atomic E-state index is 0.0679. The number of nitrogens with one attached hydrogen (secondary N) is 1. The van der Waals surface area contributed by atoms with Gasteiger partial charge in [0, 0.05) is 31.1 Å². The van der Waals surface area contributed by atoms with Crippen LogP contribution in [0.25, 0.3) is 0 Å². The first-order chi connectivity index (χ1) is 11.7. The Morgan fingerprint density at radius 2 is 1.85 bits per heavy atom. The number of nitrogens with zero attached hydrogens (tertiary/aromatic N) is 2. The van der Waals surface area contributed by atoms with E-state index >= 15 is 0 Å². The van der Waals surface area contributed by atoms with Gasteiger partial charge in [-0.25, -0.2) is 13.1 Å². The van der Waals surface area contributed by atoms with Crippen molar-refractivity contribution in [3.63, 3.8) is 0 Å². The molecule has 2 atom stereocenters. The maximum atomic E-state index is 12.7. The van der Waals surface area contributed by atoms with Gasteiger partial charge in [0.15, 0.2) is 0 Å². The minimum Gasteiger partial charge on any atom is -0.332 e. The van der Waals surface area contributed by atoms with Gasteiger partial charge >= 0.3 is 15.5 Å². The second kappa shape index (κ2) is 6.82. The third-order valence-electron chi connectivity index (χ3n) is 4.77. The SMILES string of the molecule is CCC1=N[C@@H](C(C)(C)C)C(C(C)C)=C2C[C@H](NS(=O)(=O)C(F)(F)F)CN12. The fraction of sp³-hybridized carbons (Fsp3) is 0.824. The summed E-state index contributed by atoms with van der Waals surface area (Å²) in [5, 5.41) is 0. The molecule has 2 aliphatic rings. The number of halogens is 3. The monoisotopic (exact) mass is 395 g/mol. The van der Waals surface area contributed by atoms with Gasteiger partial charge in [-0.05, 0) is 16.9 Å². The number of fused-ring (bicyclic) bond motifs is 1. The Kier molecular flexibility index (Phi) is 5.56. The highest BCUT2D eigenvalue weighted by atomic mass is 32.2. The van der Waals surface area contributed by atoms with E-state index in [1.54, 1.807) is 0 Å². The Morgan fingerprint density at radius 3 is 2.27 bits per heavy atom. The van der Waals surface area contributed by atoms with Crippen LogP contribution in [0.4, 0.5) is 13.2 Å². The maximum Gasteiger partial charge on any atom is 0.511 e. The summed E-state index contributed by atoms with van der Waals surface area (Å²) in [7, 11) is -5.37. The van der Waals surface area contributed by atoms with Gasteiger partial charge in [0.05, 0.1) is 6.04 Å². The third kappa shape index (κ3) is 3.93. The molecule has 0 aliphatic carbocycles. The zero-order chi connectivity index (χ0) is 20.1.